The fourth-order valence-corrected chi connectivity index (χ4v) is 2.71. The van der Waals surface area contributed by atoms with E-state index in [4.69, 9.17) is 0 Å². The molecule has 1 aliphatic heterocycles. The number of hydrogen-bond acceptors (Lipinski definition) is 4. The first kappa shape index (κ1) is 15.0. The molecule has 1 amide bonds. The molecule has 0 saturated carbocycles. The second-order valence-electron chi connectivity index (χ2n) is 5.28. The van der Waals surface area contributed by atoms with Gasteiger partial charge in [0.2, 0.25) is 5.95 Å². The molecule has 1 saturated heterocycles. The number of anilines is 2. The van der Waals surface area contributed by atoms with Crippen molar-refractivity contribution in [3.8, 4) is 0 Å². The van der Waals surface area contributed by atoms with E-state index in [9.17, 15) is 4.79 Å². The van der Waals surface area contributed by atoms with Gasteiger partial charge >= 0.3 is 0 Å². The Balaban J connectivity index is 1.65. The molecule has 6 heteroatoms. The molecule has 0 bridgehead atoms. The number of rotatable bonds is 3. The summed E-state index contributed by atoms with van der Waals surface area (Å²) in [6, 6.07) is 7.21. The Morgan fingerprint density at radius 1 is 1.05 bits per heavy atom. The number of amides is 1. The van der Waals surface area contributed by atoms with Crippen molar-refractivity contribution in [3.05, 3.63) is 46.7 Å². The van der Waals surface area contributed by atoms with Crippen LogP contribution >= 0.6 is 15.9 Å². The summed E-state index contributed by atoms with van der Waals surface area (Å²) in [6.45, 7) is 2.01. The van der Waals surface area contributed by atoms with Crippen LogP contribution in [0.25, 0.3) is 0 Å². The summed E-state index contributed by atoms with van der Waals surface area (Å²) in [5.74, 6) is 0.572. The number of carbonyl (C=O) groups excluding carboxylic acids is 1. The van der Waals surface area contributed by atoms with E-state index in [-0.39, 0.29) is 5.91 Å². The number of nitrogens with one attached hydrogen (secondary N) is 1. The molecule has 1 N–H and O–H groups in total. The molecular weight excluding hydrogens is 344 g/mol. The predicted molar refractivity (Wildman–Crippen MR) is 90.2 cm³/mol. The van der Waals surface area contributed by atoms with Crippen LogP contribution in [0.4, 0.5) is 11.6 Å². The third-order valence-electron chi connectivity index (χ3n) is 3.64. The third kappa shape index (κ3) is 3.62. The molecular formula is C16H17BrN4O. The van der Waals surface area contributed by atoms with Gasteiger partial charge in [-0.05, 0) is 43.5 Å². The Morgan fingerprint density at radius 3 is 2.32 bits per heavy atom. The van der Waals surface area contributed by atoms with E-state index in [2.05, 4.69) is 36.1 Å². The van der Waals surface area contributed by atoms with E-state index in [0.717, 1.165) is 23.5 Å². The molecule has 0 atom stereocenters. The zero-order chi connectivity index (χ0) is 15.4. The summed E-state index contributed by atoms with van der Waals surface area (Å²) in [7, 11) is 0. The van der Waals surface area contributed by atoms with Gasteiger partial charge in [0, 0.05) is 23.1 Å². The lowest BCUT2D eigenvalue weighted by molar-refractivity contribution is 0.102. The number of piperidine rings is 1. The predicted octanol–water partition coefficient (Wildman–Crippen LogP) is 3.48. The maximum absolute atomic E-state index is 12.1. The van der Waals surface area contributed by atoms with Crippen molar-refractivity contribution in [2.75, 3.05) is 23.3 Å². The molecule has 2 heterocycles. The molecule has 0 radical (unpaired) electrons. The number of benzene rings is 1. The summed E-state index contributed by atoms with van der Waals surface area (Å²) in [4.78, 5) is 23.0. The zero-order valence-corrected chi connectivity index (χ0v) is 13.7. The van der Waals surface area contributed by atoms with Gasteiger partial charge in [0.25, 0.3) is 5.91 Å². The minimum absolute atomic E-state index is 0.165. The first-order valence-corrected chi connectivity index (χ1v) is 8.15. The van der Waals surface area contributed by atoms with Gasteiger partial charge in [-0.25, -0.2) is 9.97 Å². The van der Waals surface area contributed by atoms with E-state index in [1.165, 1.54) is 19.3 Å². The third-order valence-corrected chi connectivity index (χ3v) is 4.17. The van der Waals surface area contributed by atoms with Crippen LogP contribution in [0.1, 0.15) is 29.6 Å². The molecule has 3 rings (SSSR count). The zero-order valence-electron chi connectivity index (χ0n) is 12.1. The average molecular weight is 361 g/mol. The summed E-state index contributed by atoms with van der Waals surface area (Å²) in [6.07, 6.45) is 6.97. The molecule has 114 valence electrons. The molecule has 2 aromatic rings. The van der Waals surface area contributed by atoms with Crippen LogP contribution in [0, 0.1) is 0 Å². The van der Waals surface area contributed by atoms with Gasteiger partial charge in [-0.15, -0.1) is 0 Å². The fourth-order valence-electron chi connectivity index (χ4n) is 2.45. The Hall–Kier alpha value is -1.95. The van der Waals surface area contributed by atoms with Gasteiger partial charge in [0.05, 0.1) is 18.1 Å². The topological polar surface area (TPSA) is 58.1 Å². The molecule has 5 nitrogen and oxygen atoms in total. The fraction of sp³-hybridized carbons (Fsp3) is 0.312. The number of carbonyl (C=O) groups is 1. The van der Waals surface area contributed by atoms with Gasteiger partial charge in [-0.3, -0.25) is 4.79 Å². The molecule has 22 heavy (non-hydrogen) atoms. The van der Waals surface area contributed by atoms with Crippen LogP contribution in [-0.2, 0) is 0 Å². The molecule has 0 unspecified atom stereocenters. The smallest absolute Gasteiger partial charge is 0.255 e. The van der Waals surface area contributed by atoms with Crippen molar-refractivity contribution in [2.24, 2.45) is 0 Å². The van der Waals surface area contributed by atoms with Crippen LogP contribution in [0.15, 0.2) is 41.1 Å². The van der Waals surface area contributed by atoms with E-state index < -0.39 is 0 Å². The minimum atomic E-state index is -0.165. The highest BCUT2D eigenvalue weighted by Gasteiger charge is 2.13. The van der Waals surface area contributed by atoms with E-state index in [1.54, 1.807) is 24.5 Å². The Kier molecular flexibility index (Phi) is 4.68. The molecule has 1 fully saturated rings. The summed E-state index contributed by atoms with van der Waals surface area (Å²) >= 11 is 3.35. The molecule has 1 aromatic heterocycles. The number of halogens is 1. The SMILES string of the molecule is O=C(Nc1cnc(N2CCCCC2)nc1)c1ccc(Br)cc1. The largest absolute Gasteiger partial charge is 0.341 e. The molecule has 0 spiro atoms. The second-order valence-corrected chi connectivity index (χ2v) is 6.20. The van der Waals surface area contributed by atoms with E-state index >= 15 is 0 Å². The van der Waals surface area contributed by atoms with Gasteiger partial charge in [-0.1, -0.05) is 15.9 Å². The molecule has 1 aliphatic rings. The highest BCUT2D eigenvalue weighted by Crippen LogP contribution is 2.17. The van der Waals surface area contributed by atoms with Gasteiger partial charge in [0.1, 0.15) is 0 Å². The highest BCUT2D eigenvalue weighted by atomic mass is 79.9. The quantitative estimate of drug-likeness (QED) is 0.910. The van der Waals surface area contributed by atoms with Gasteiger partial charge in [0.15, 0.2) is 0 Å². The lowest BCUT2D eigenvalue weighted by atomic mass is 10.1. The number of hydrogen-bond donors (Lipinski definition) is 1. The lowest BCUT2D eigenvalue weighted by Crippen LogP contribution is -2.30. The van der Waals surface area contributed by atoms with Crippen LogP contribution in [0.3, 0.4) is 0 Å². The van der Waals surface area contributed by atoms with Crippen LogP contribution in [-0.4, -0.2) is 29.0 Å². The number of aromatic nitrogens is 2. The first-order chi connectivity index (χ1) is 10.7. The normalized spacial score (nSPS) is 14.7. The van der Waals surface area contributed by atoms with Crippen molar-refractivity contribution in [1.82, 2.24) is 9.97 Å². The van der Waals surface area contributed by atoms with E-state index in [0.29, 0.717) is 11.3 Å². The van der Waals surface area contributed by atoms with Crippen molar-refractivity contribution in [2.45, 2.75) is 19.3 Å². The van der Waals surface area contributed by atoms with Crippen LogP contribution in [0.5, 0.6) is 0 Å². The van der Waals surface area contributed by atoms with Gasteiger partial charge in [-0.2, -0.15) is 0 Å². The van der Waals surface area contributed by atoms with E-state index in [1.807, 2.05) is 12.1 Å². The Labute approximate surface area is 137 Å². The molecule has 0 aliphatic carbocycles. The van der Waals surface area contributed by atoms with Crippen molar-refractivity contribution < 1.29 is 4.79 Å². The minimum Gasteiger partial charge on any atom is -0.341 e. The second kappa shape index (κ2) is 6.87. The summed E-state index contributed by atoms with van der Waals surface area (Å²) in [5, 5.41) is 2.81. The van der Waals surface area contributed by atoms with Crippen molar-refractivity contribution >= 4 is 33.5 Å². The van der Waals surface area contributed by atoms with Crippen molar-refractivity contribution in [1.29, 1.82) is 0 Å². The standard InChI is InChI=1S/C16H17BrN4O/c17-13-6-4-12(5-7-13)15(22)20-14-10-18-16(19-11-14)21-8-2-1-3-9-21/h4-7,10-11H,1-3,8-9H2,(H,20,22). The van der Waals surface area contributed by atoms with Crippen molar-refractivity contribution in [3.63, 3.8) is 0 Å². The lowest BCUT2D eigenvalue weighted by Gasteiger charge is -2.26. The highest BCUT2D eigenvalue weighted by molar-refractivity contribution is 9.10. The number of nitrogens with zero attached hydrogens (tertiary/aromatic N) is 3. The monoisotopic (exact) mass is 360 g/mol. The Bertz CT molecular complexity index is 636. The molecule has 1 aromatic carbocycles. The van der Waals surface area contributed by atoms with Crippen LogP contribution < -0.4 is 10.2 Å². The first-order valence-electron chi connectivity index (χ1n) is 7.36. The average Bonchev–Trinajstić information content (AvgIpc) is 2.57. The van der Waals surface area contributed by atoms with Crippen LogP contribution in [0.2, 0.25) is 0 Å². The Morgan fingerprint density at radius 2 is 1.68 bits per heavy atom. The summed E-state index contributed by atoms with van der Waals surface area (Å²) < 4.78 is 0.943. The maximum Gasteiger partial charge on any atom is 0.255 e. The summed E-state index contributed by atoms with van der Waals surface area (Å²) in [5.41, 5.74) is 1.21. The van der Waals surface area contributed by atoms with Gasteiger partial charge < -0.3 is 10.2 Å². The maximum atomic E-state index is 12.1.